The third-order valence-corrected chi connectivity index (χ3v) is 4.54. The first kappa shape index (κ1) is 17.4. The average Bonchev–Trinajstić information content (AvgIpc) is 3.08. The summed E-state index contributed by atoms with van der Waals surface area (Å²) in [6.45, 7) is 3.35. The van der Waals surface area contributed by atoms with Gasteiger partial charge in [0.1, 0.15) is 0 Å². The predicted octanol–water partition coefficient (Wildman–Crippen LogP) is 4.25. The molecule has 0 spiro atoms. The maximum Gasteiger partial charge on any atom is 0.164 e. The molecule has 1 unspecified atom stereocenters. The molecule has 132 valence electrons. The normalized spacial score (nSPS) is 12.3. The van der Waals surface area contributed by atoms with Gasteiger partial charge in [-0.25, -0.2) is 0 Å². The molecular weight excluding hydrogens is 312 g/mol. The lowest BCUT2D eigenvalue weighted by atomic mass is 9.91. The molecular formula is C21H26N2O2. The Labute approximate surface area is 149 Å². The van der Waals surface area contributed by atoms with Gasteiger partial charge in [0.05, 0.1) is 13.7 Å². The molecule has 4 heteroatoms. The van der Waals surface area contributed by atoms with Crippen molar-refractivity contribution >= 4 is 10.9 Å². The summed E-state index contributed by atoms with van der Waals surface area (Å²) in [5.74, 6) is 1.83. The van der Waals surface area contributed by atoms with Crippen LogP contribution >= 0.6 is 0 Å². The Kier molecular flexibility index (Phi) is 5.61. The number of fused-ring (bicyclic) bond motifs is 1. The van der Waals surface area contributed by atoms with Gasteiger partial charge in [0.2, 0.25) is 0 Å². The Morgan fingerprint density at radius 2 is 1.96 bits per heavy atom. The summed E-state index contributed by atoms with van der Waals surface area (Å²) in [7, 11) is 1.68. The van der Waals surface area contributed by atoms with Gasteiger partial charge in [0, 0.05) is 23.0 Å². The van der Waals surface area contributed by atoms with Crippen LogP contribution in [0.4, 0.5) is 0 Å². The highest BCUT2D eigenvalue weighted by atomic mass is 16.5. The quantitative estimate of drug-likeness (QED) is 0.645. The number of hydrogen-bond acceptors (Lipinski definition) is 3. The molecule has 3 aromatic rings. The summed E-state index contributed by atoms with van der Waals surface area (Å²) >= 11 is 0. The molecule has 2 aromatic carbocycles. The minimum atomic E-state index is 0.215. The Hall–Kier alpha value is -2.46. The lowest BCUT2D eigenvalue weighted by Crippen LogP contribution is -2.15. The van der Waals surface area contributed by atoms with Crippen LogP contribution in [0.5, 0.6) is 11.5 Å². The summed E-state index contributed by atoms with van der Waals surface area (Å²) in [5, 5.41) is 1.23. The third kappa shape index (κ3) is 3.64. The molecule has 0 amide bonds. The first-order chi connectivity index (χ1) is 12.3. The van der Waals surface area contributed by atoms with E-state index in [4.69, 9.17) is 15.2 Å². The van der Waals surface area contributed by atoms with Gasteiger partial charge in [-0.15, -0.1) is 0 Å². The van der Waals surface area contributed by atoms with E-state index >= 15 is 0 Å². The molecule has 0 aliphatic rings. The van der Waals surface area contributed by atoms with Crippen LogP contribution in [0, 0.1) is 0 Å². The summed E-state index contributed by atoms with van der Waals surface area (Å²) in [5.41, 5.74) is 9.67. The number of ether oxygens (including phenoxy) is 2. The van der Waals surface area contributed by atoms with Crippen molar-refractivity contribution < 1.29 is 9.47 Å². The zero-order valence-corrected chi connectivity index (χ0v) is 14.9. The van der Waals surface area contributed by atoms with Crippen LogP contribution < -0.4 is 15.2 Å². The molecule has 3 rings (SSSR count). The van der Waals surface area contributed by atoms with Gasteiger partial charge >= 0.3 is 0 Å². The highest BCUT2D eigenvalue weighted by molar-refractivity contribution is 5.83. The van der Waals surface area contributed by atoms with E-state index in [0.717, 1.165) is 35.4 Å². The molecule has 0 fully saturated rings. The second-order valence-corrected chi connectivity index (χ2v) is 6.22. The molecule has 0 saturated carbocycles. The number of H-pyrrole nitrogens is 1. The molecule has 25 heavy (non-hydrogen) atoms. The standard InChI is InChI=1S/C21H26N2O2/c1-3-11-25-21-15(7-6-10-20(21)24-2)12-16(13-22)18-14-23-19-9-5-4-8-17(18)19/h4-10,14,16,23H,3,11-13,22H2,1-2H3. The van der Waals surface area contributed by atoms with Crippen LogP contribution in [-0.4, -0.2) is 25.2 Å². The van der Waals surface area contributed by atoms with Crippen molar-refractivity contribution in [2.24, 2.45) is 5.73 Å². The molecule has 0 aliphatic heterocycles. The first-order valence-corrected chi connectivity index (χ1v) is 8.83. The number of benzene rings is 2. The van der Waals surface area contributed by atoms with Crippen LogP contribution in [0.1, 0.15) is 30.4 Å². The fourth-order valence-electron chi connectivity index (χ4n) is 3.27. The van der Waals surface area contributed by atoms with Gasteiger partial charge in [-0.2, -0.15) is 0 Å². The number of methoxy groups -OCH3 is 1. The number of para-hydroxylation sites is 2. The van der Waals surface area contributed by atoms with Crippen molar-refractivity contribution in [1.82, 2.24) is 4.98 Å². The molecule has 0 saturated heterocycles. The van der Waals surface area contributed by atoms with E-state index in [1.54, 1.807) is 7.11 Å². The molecule has 3 N–H and O–H groups in total. The van der Waals surface area contributed by atoms with Crippen LogP contribution in [0.15, 0.2) is 48.7 Å². The fraction of sp³-hybridized carbons (Fsp3) is 0.333. The Morgan fingerprint density at radius 3 is 2.72 bits per heavy atom. The van der Waals surface area contributed by atoms with Crippen molar-refractivity contribution in [3.05, 3.63) is 59.8 Å². The molecule has 1 atom stereocenters. The zero-order chi connectivity index (χ0) is 17.6. The largest absolute Gasteiger partial charge is 0.493 e. The monoisotopic (exact) mass is 338 g/mol. The second-order valence-electron chi connectivity index (χ2n) is 6.22. The van der Waals surface area contributed by atoms with E-state index in [2.05, 4.69) is 42.4 Å². The molecule has 0 bridgehead atoms. The van der Waals surface area contributed by atoms with Crippen molar-refractivity contribution in [3.8, 4) is 11.5 Å². The summed E-state index contributed by atoms with van der Waals surface area (Å²) in [6.07, 6.45) is 3.85. The lowest BCUT2D eigenvalue weighted by molar-refractivity contribution is 0.290. The van der Waals surface area contributed by atoms with Crippen molar-refractivity contribution in [3.63, 3.8) is 0 Å². The van der Waals surface area contributed by atoms with E-state index in [1.165, 1.54) is 10.9 Å². The average molecular weight is 338 g/mol. The maximum absolute atomic E-state index is 6.14. The number of aromatic amines is 1. The first-order valence-electron chi connectivity index (χ1n) is 8.83. The number of aromatic nitrogens is 1. The number of nitrogens with one attached hydrogen (secondary N) is 1. The van der Waals surface area contributed by atoms with Gasteiger partial charge in [0.15, 0.2) is 11.5 Å². The van der Waals surface area contributed by atoms with Gasteiger partial charge < -0.3 is 20.2 Å². The van der Waals surface area contributed by atoms with Crippen molar-refractivity contribution in [1.29, 1.82) is 0 Å². The smallest absolute Gasteiger partial charge is 0.164 e. The Morgan fingerprint density at radius 1 is 1.12 bits per heavy atom. The third-order valence-electron chi connectivity index (χ3n) is 4.54. The SMILES string of the molecule is CCCOc1c(CC(CN)c2c[nH]c3ccccc23)cccc1OC. The lowest BCUT2D eigenvalue weighted by Gasteiger charge is -2.19. The molecule has 4 nitrogen and oxygen atoms in total. The summed E-state index contributed by atoms with van der Waals surface area (Å²) in [6, 6.07) is 14.4. The Balaban J connectivity index is 1.94. The maximum atomic E-state index is 6.14. The molecule has 0 radical (unpaired) electrons. The highest BCUT2D eigenvalue weighted by Crippen LogP contribution is 2.35. The van der Waals surface area contributed by atoms with Gasteiger partial charge in [0.25, 0.3) is 0 Å². The van der Waals surface area contributed by atoms with E-state index in [-0.39, 0.29) is 5.92 Å². The van der Waals surface area contributed by atoms with E-state index in [9.17, 15) is 0 Å². The van der Waals surface area contributed by atoms with Gasteiger partial charge in [-0.05, 0) is 42.6 Å². The van der Waals surface area contributed by atoms with Crippen LogP contribution in [0.3, 0.4) is 0 Å². The number of rotatable bonds is 8. The van der Waals surface area contributed by atoms with Gasteiger partial charge in [-0.3, -0.25) is 0 Å². The van der Waals surface area contributed by atoms with Gasteiger partial charge in [-0.1, -0.05) is 37.3 Å². The minimum absolute atomic E-state index is 0.215. The van der Waals surface area contributed by atoms with Crippen LogP contribution in [-0.2, 0) is 6.42 Å². The van der Waals surface area contributed by atoms with Crippen LogP contribution in [0.2, 0.25) is 0 Å². The van der Waals surface area contributed by atoms with E-state index < -0.39 is 0 Å². The summed E-state index contributed by atoms with van der Waals surface area (Å²) in [4.78, 5) is 3.35. The van der Waals surface area contributed by atoms with Crippen molar-refractivity contribution in [2.45, 2.75) is 25.7 Å². The zero-order valence-electron chi connectivity index (χ0n) is 14.9. The molecule has 1 heterocycles. The molecule has 0 aliphatic carbocycles. The van der Waals surface area contributed by atoms with Crippen LogP contribution in [0.25, 0.3) is 10.9 Å². The summed E-state index contributed by atoms with van der Waals surface area (Å²) < 4.78 is 11.5. The molecule has 1 aromatic heterocycles. The highest BCUT2D eigenvalue weighted by Gasteiger charge is 2.19. The number of nitrogens with two attached hydrogens (primary N) is 1. The topological polar surface area (TPSA) is 60.3 Å². The van der Waals surface area contributed by atoms with E-state index in [1.807, 2.05) is 18.2 Å². The minimum Gasteiger partial charge on any atom is -0.493 e. The Bertz CT molecular complexity index is 826. The van der Waals surface area contributed by atoms with E-state index in [0.29, 0.717) is 13.2 Å². The number of hydrogen-bond donors (Lipinski definition) is 2. The fourth-order valence-corrected chi connectivity index (χ4v) is 3.27. The predicted molar refractivity (Wildman–Crippen MR) is 103 cm³/mol. The second kappa shape index (κ2) is 8.08. The van der Waals surface area contributed by atoms with Crippen molar-refractivity contribution in [2.75, 3.05) is 20.3 Å².